The fourth-order valence-electron chi connectivity index (χ4n) is 2.76. The number of nitrogen functional groups attached to an aromatic ring is 1. The molecule has 3 rings (SSSR count). The average Bonchev–Trinajstić information content (AvgIpc) is 2.88. The summed E-state index contributed by atoms with van der Waals surface area (Å²) in [5.74, 6) is 0. The van der Waals surface area contributed by atoms with Gasteiger partial charge in [0.2, 0.25) is 0 Å². The summed E-state index contributed by atoms with van der Waals surface area (Å²) in [6.07, 6.45) is 3.91. The van der Waals surface area contributed by atoms with Crippen molar-refractivity contribution in [1.29, 1.82) is 0 Å². The molecule has 0 saturated carbocycles. The van der Waals surface area contributed by atoms with E-state index >= 15 is 0 Å². The van der Waals surface area contributed by atoms with E-state index in [0.717, 1.165) is 41.7 Å². The highest BCUT2D eigenvalue weighted by Gasteiger charge is 2.25. The van der Waals surface area contributed by atoms with Gasteiger partial charge >= 0.3 is 0 Å². The Morgan fingerprint density at radius 3 is 3.11 bits per heavy atom. The molecule has 0 spiro atoms. The summed E-state index contributed by atoms with van der Waals surface area (Å²) in [4.78, 5) is 6.51. The smallest absolute Gasteiger partial charge is 0.0724 e. The van der Waals surface area contributed by atoms with E-state index in [-0.39, 0.29) is 12.6 Å². The molecular weight excluding hydrogens is 226 g/mol. The SMILES string of the molecule is Nc1c(N2CCCC2CO)ccc2ncccc12. The summed E-state index contributed by atoms with van der Waals surface area (Å²) >= 11 is 0. The number of benzene rings is 1. The van der Waals surface area contributed by atoms with Gasteiger partial charge in [-0.2, -0.15) is 0 Å². The lowest BCUT2D eigenvalue weighted by molar-refractivity contribution is 0.266. The Labute approximate surface area is 106 Å². The number of fused-ring (bicyclic) bond motifs is 1. The second-order valence-electron chi connectivity index (χ2n) is 4.74. The fraction of sp³-hybridized carbons (Fsp3) is 0.357. The van der Waals surface area contributed by atoms with Crippen LogP contribution in [-0.4, -0.2) is 29.3 Å². The van der Waals surface area contributed by atoms with Crippen LogP contribution in [-0.2, 0) is 0 Å². The summed E-state index contributed by atoms with van der Waals surface area (Å²) in [6, 6.07) is 8.09. The molecule has 94 valence electrons. The molecule has 1 fully saturated rings. The first-order valence-corrected chi connectivity index (χ1v) is 6.32. The first-order valence-electron chi connectivity index (χ1n) is 6.32. The maximum absolute atomic E-state index is 9.41. The van der Waals surface area contributed by atoms with E-state index in [9.17, 15) is 5.11 Å². The summed E-state index contributed by atoms with van der Waals surface area (Å²) in [7, 11) is 0. The topological polar surface area (TPSA) is 62.4 Å². The van der Waals surface area contributed by atoms with E-state index in [2.05, 4.69) is 9.88 Å². The minimum Gasteiger partial charge on any atom is -0.396 e. The van der Waals surface area contributed by atoms with Crippen LogP contribution in [0.2, 0.25) is 0 Å². The number of nitrogens with two attached hydrogens (primary N) is 1. The van der Waals surface area contributed by atoms with Gasteiger partial charge in [0.05, 0.1) is 29.5 Å². The van der Waals surface area contributed by atoms with Gasteiger partial charge in [-0.3, -0.25) is 4.98 Å². The highest BCUT2D eigenvalue weighted by Crippen LogP contribution is 2.34. The maximum Gasteiger partial charge on any atom is 0.0724 e. The fourth-order valence-corrected chi connectivity index (χ4v) is 2.76. The van der Waals surface area contributed by atoms with Gasteiger partial charge in [-0.1, -0.05) is 0 Å². The lowest BCUT2D eigenvalue weighted by Crippen LogP contribution is -2.32. The predicted molar refractivity (Wildman–Crippen MR) is 73.6 cm³/mol. The molecule has 18 heavy (non-hydrogen) atoms. The van der Waals surface area contributed by atoms with Gasteiger partial charge in [-0.15, -0.1) is 0 Å². The number of aromatic nitrogens is 1. The molecular formula is C14H17N3O. The monoisotopic (exact) mass is 243 g/mol. The second kappa shape index (κ2) is 4.46. The summed E-state index contributed by atoms with van der Waals surface area (Å²) in [5.41, 5.74) is 8.95. The van der Waals surface area contributed by atoms with Gasteiger partial charge in [0.15, 0.2) is 0 Å². The van der Waals surface area contributed by atoms with Crippen molar-refractivity contribution in [2.24, 2.45) is 0 Å². The maximum atomic E-state index is 9.41. The summed E-state index contributed by atoms with van der Waals surface area (Å²) < 4.78 is 0. The third kappa shape index (κ3) is 1.69. The van der Waals surface area contributed by atoms with Gasteiger partial charge in [0.25, 0.3) is 0 Å². The second-order valence-corrected chi connectivity index (χ2v) is 4.74. The summed E-state index contributed by atoms with van der Waals surface area (Å²) in [5, 5.41) is 10.4. The van der Waals surface area contributed by atoms with Crippen molar-refractivity contribution < 1.29 is 5.11 Å². The lowest BCUT2D eigenvalue weighted by Gasteiger charge is -2.27. The third-order valence-electron chi connectivity index (χ3n) is 3.70. The number of aliphatic hydroxyl groups is 1. The Morgan fingerprint density at radius 2 is 2.28 bits per heavy atom. The van der Waals surface area contributed by atoms with Crippen LogP contribution in [0.5, 0.6) is 0 Å². The molecule has 3 N–H and O–H groups in total. The quantitative estimate of drug-likeness (QED) is 0.789. The Balaban J connectivity index is 2.09. The number of hydrogen-bond donors (Lipinski definition) is 2. The number of pyridine rings is 1. The highest BCUT2D eigenvalue weighted by molar-refractivity contribution is 5.97. The minimum atomic E-state index is 0.185. The van der Waals surface area contributed by atoms with E-state index in [1.807, 2.05) is 24.3 Å². The van der Waals surface area contributed by atoms with Gasteiger partial charge in [-0.25, -0.2) is 0 Å². The largest absolute Gasteiger partial charge is 0.396 e. The third-order valence-corrected chi connectivity index (χ3v) is 3.70. The Morgan fingerprint density at radius 1 is 1.39 bits per heavy atom. The Kier molecular flexibility index (Phi) is 2.80. The molecule has 1 aromatic heterocycles. The van der Waals surface area contributed by atoms with E-state index in [1.165, 1.54) is 0 Å². The normalized spacial score (nSPS) is 19.6. The van der Waals surface area contributed by atoms with Crippen LogP contribution in [0.4, 0.5) is 11.4 Å². The van der Waals surface area contributed by atoms with Gasteiger partial charge in [0.1, 0.15) is 0 Å². The number of aliphatic hydroxyl groups excluding tert-OH is 1. The minimum absolute atomic E-state index is 0.185. The summed E-state index contributed by atoms with van der Waals surface area (Å²) in [6.45, 7) is 1.14. The van der Waals surface area contributed by atoms with E-state index in [1.54, 1.807) is 6.20 Å². The Hall–Kier alpha value is -1.81. The van der Waals surface area contributed by atoms with Crippen LogP contribution in [0.25, 0.3) is 10.9 Å². The molecule has 0 amide bonds. The van der Waals surface area contributed by atoms with E-state index in [4.69, 9.17) is 5.73 Å². The highest BCUT2D eigenvalue weighted by atomic mass is 16.3. The molecule has 2 heterocycles. The van der Waals surface area contributed by atoms with Gasteiger partial charge in [-0.05, 0) is 37.1 Å². The zero-order valence-corrected chi connectivity index (χ0v) is 10.2. The van der Waals surface area contributed by atoms with Crippen molar-refractivity contribution in [3.05, 3.63) is 30.5 Å². The van der Waals surface area contributed by atoms with Gasteiger partial charge in [0, 0.05) is 18.1 Å². The van der Waals surface area contributed by atoms with Gasteiger partial charge < -0.3 is 15.7 Å². The molecule has 0 bridgehead atoms. The van der Waals surface area contributed by atoms with Crippen molar-refractivity contribution in [2.45, 2.75) is 18.9 Å². The van der Waals surface area contributed by atoms with Crippen molar-refractivity contribution >= 4 is 22.3 Å². The molecule has 1 aliphatic heterocycles. The van der Waals surface area contributed by atoms with Crippen LogP contribution in [0, 0.1) is 0 Å². The molecule has 1 atom stereocenters. The average molecular weight is 243 g/mol. The van der Waals surface area contributed by atoms with Crippen LogP contribution in [0.1, 0.15) is 12.8 Å². The molecule has 1 saturated heterocycles. The van der Waals surface area contributed by atoms with Crippen molar-refractivity contribution in [2.75, 3.05) is 23.8 Å². The number of anilines is 2. The lowest BCUT2D eigenvalue weighted by atomic mass is 10.1. The number of nitrogens with zero attached hydrogens (tertiary/aromatic N) is 2. The molecule has 1 aromatic carbocycles. The number of rotatable bonds is 2. The van der Waals surface area contributed by atoms with Crippen LogP contribution in [0.3, 0.4) is 0 Å². The van der Waals surface area contributed by atoms with Crippen molar-refractivity contribution in [3.8, 4) is 0 Å². The first kappa shape index (κ1) is 11.3. The molecule has 4 nitrogen and oxygen atoms in total. The number of hydrogen-bond acceptors (Lipinski definition) is 4. The molecule has 2 aromatic rings. The van der Waals surface area contributed by atoms with Crippen molar-refractivity contribution in [3.63, 3.8) is 0 Å². The predicted octanol–water partition coefficient (Wildman–Crippen LogP) is 1.78. The van der Waals surface area contributed by atoms with E-state index < -0.39 is 0 Å². The van der Waals surface area contributed by atoms with Crippen LogP contribution in [0.15, 0.2) is 30.5 Å². The molecule has 4 heteroatoms. The van der Waals surface area contributed by atoms with E-state index in [0.29, 0.717) is 0 Å². The molecule has 0 radical (unpaired) electrons. The molecule has 1 unspecified atom stereocenters. The Bertz CT molecular complexity index is 570. The zero-order chi connectivity index (χ0) is 12.5. The van der Waals surface area contributed by atoms with Crippen molar-refractivity contribution in [1.82, 2.24) is 4.98 Å². The molecule has 0 aliphatic carbocycles. The van der Waals surface area contributed by atoms with Crippen LogP contribution >= 0.6 is 0 Å². The standard InChI is InChI=1S/C14H17N3O/c15-14-11-4-1-7-16-12(11)5-6-13(14)17-8-2-3-10(17)9-18/h1,4-7,10,18H,2-3,8-9,15H2. The van der Waals surface area contributed by atoms with Crippen LogP contribution < -0.4 is 10.6 Å². The zero-order valence-electron chi connectivity index (χ0n) is 10.2. The first-order chi connectivity index (χ1) is 8.81. The molecule has 1 aliphatic rings.